The number of benzene rings is 1. The van der Waals surface area contributed by atoms with Crippen molar-refractivity contribution in [3.05, 3.63) is 52.6 Å². The number of nitrogens with one attached hydrogen (secondary N) is 1. The number of halogens is 1. The van der Waals surface area contributed by atoms with Crippen molar-refractivity contribution in [2.75, 3.05) is 31.5 Å². The lowest BCUT2D eigenvalue weighted by Gasteiger charge is -2.34. The van der Waals surface area contributed by atoms with E-state index in [0.717, 1.165) is 38.3 Å². The van der Waals surface area contributed by atoms with Gasteiger partial charge in [-0.25, -0.2) is 9.97 Å². The number of rotatable bonds is 4. The third kappa shape index (κ3) is 5.02. The summed E-state index contributed by atoms with van der Waals surface area (Å²) in [7, 11) is 0. The van der Waals surface area contributed by atoms with Gasteiger partial charge < -0.3 is 10.2 Å². The van der Waals surface area contributed by atoms with Gasteiger partial charge in [-0.1, -0.05) is 23.7 Å². The summed E-state index contributed by atoms with van der Waals surface area (Å²) in [5.74, 6) is 0.249. The highest BCUT2D eigenvalue weighted by Gasteiger charge is 2.19. The van der Waals surface area contributed by atoms with Crippen LogP contribution in [0.3, 0.4) is 0 Å². The van der Waals surface area contributed by atoms with Crippen molar-refractivity contribution in [2.45, 2.75) is 20.4 Å². The third-order valence-electron chi connectivity index (χ3n) is 4.49. The molecule has 27 heavy (non-hydrogen) atoms. The molecule has 0 radical (unpaired) electrons. The number of piperazine rings is 1. The maximum Gasteiger partial charge on any atom is 0.275 e. The number of aryl methyl sites for hydroxylation is 1. The van der Waals surface area contributed by atoms with E-state index in [1.807, 2.05) is 29.2 Å². The number of amides is 2. The molecule has 0 bridgehead atoms. The summed E-state index contributed by atoms with van der Waals surface area (Å²) in [4.78, 5) is 36.1. The van der Waals surface area contributed by atoms with Gasteiger partial charge in [0, 0.05) is 45.3 Å². The van der Waals surface area contributed by atoms with E-state index < -0.39 is 0 Å². The summed E-state index contributed by atoms with van der Waals surface area (Å²) in [6.45, 7) is 7.25. The van der Waals surface area contributed by atoms with Crippen molar-refractivity contribution >= 4 is 29.1 Å². The SMILES string of the molecule is CC(=O)N1CCN(Cc2cccc(NC(=O)c3nc(C)ncc3Cl)c2)CC1. The first-order chi connectivity index (χ1) is 12.9. The number of aromatic nitrogens is 2. The van der Waals surface area contributed by atoms with Crippen LogP contribution >= 0.6 is 11.6 Å². The first kappa shape index (κ1) is 19.3. The van der Waals surface area contributed by atoms with E-state index >= 15 is 0 Å². The number of carbonyl (C=O) groups is 2. The van der Waals surface area contributed by atoms with Crippen LogP contribution in [0.15, 0.2) is 30.5 Å². The van der Waals surface area contributed by atoms with Crippen LogP contribution in [0, 0.1) is 6.92 Å². The molecule has 0 unspecified atom stereocenters. The summed E-state index contributed by atoms with van der Waals surface area (Å²) in [5, 5.41) is 3.06. The molecule has 0 aliphatic carbocycles. The summed E-state index contributed by atoms with van der Waals surface area (Å²) in [5.41, 5.74) is 1.94. The Hall–Kier alpha value is -2.51. The van der Waals surface area contributed by atoms with Gasteiger partial charge in [0.15, 0.2) is 5.69 Å². The molecule has 0 atom stereocenters. The minimum atomic E-state index is -0.363. The number of anilines is 1. The second kappa shape index (κ2) is 8.45. The summed E-state index contributed by atoms with van der Waals surface area (Å²) < 4.78 is 0. The van der Waals surface area contributed by atoms with E-state index in [2.05, 4.69) is 20.2 Å². The normalized spacial score (nSPS) is 14.9. The van der Waals surface area contributed by atoms with E-state index in [9.17, 15) is 9.59 Å². The molecule has 1 aliphatic heterocycles. The van der Waals surface area contributed by atoms with Crippen molar-refractivity contribution < 1.29 is 9.59 Å². The Morgan fingerprint density at radius 2 is 1.96 bits per heavy atom. The molecule has 3 rings (SSSR count). The van der Waals surface area contributed by atoms with Gasteiger partial charge in [-0.05, 0) is 24.6 Å². The lowest BCUT2D eigenvalue weighted by Crippen LogP contribution is -2.47. The predicted octanol–water partition coefficient (Wildman–Crippen LogP) is 2.35. The molecule has 1 fully saturated rings. The minimum Gasteiger partial charge on any atom is -0.340 e. The minimum absolute atomic E-state index is 0.123. The Bertz CT molecular complexity index is 850. The zero-order chi connectivity index (χ0) is 19.4. The van der Waals surface area contributed by atoms with Gasteiger partial charge in [0.05, 0.1) is 11.2 Å². The van der Waals surface area contributed by atoms with Crippen LogP contribution in [0.5, 0.6) is 0 Å². The Kier molecular flexibility index (Phi) is 6.03. The number of carbonyl (C=O) groups excluding carboxylic acids is 2. The molecule has 7 nitrogen and oxygen atoms in total. The average molecular weight is 388 g/mol. The van der Waals surface area contributed by atoms with Gasteiger partial charge in [-0.2, -0.15) is 0 Å². The molecule has 1 N–H and O–H groups in total. The smallest absolute Gasteiger partial charge is 0.275 e. The van der Waals surface area contributed by atoms with Crippen molar-refractivity contribution in [1.82, 2.24) is 19.8 Å². The average Bonchev–Trinajstić information content (AvgIpc) is 2.64. The molecule has 0 saturated carbocycles. The van der Waals surface area contributed by atoms with Crippen LogP contribution < -0.4 is 5.32 Å². The van der Waals surface area contributed by atoms with Crippen LogP contribution in [0.2, 0.25) is 5.02 Å². The zero-order valence-corrected chi connectivity index (χ0v) is 16.2. The van der Waals surface area contributed by atoms with Gasteiger partial charge in [0.25, 0.3) is 5.91 Å². The number of nitrogens with zero attached hydrogens (tertiary/aromatic N) is 4. The molecular formula is C19H22ClN5O2. The Morgan fingerprint density at radius 1 is 1.22 bits per heavy atom. The zero-order valence-electron chi connectivity index (χ0n) is 15.4. The van der Waals surface area contributed by atoms with Crippen molar-refractivity contribution in [1.29, 1.82) is 0 Å². The number of hydrogen-bond donors (Lipinski definition) is 1. The lowest BCUT2D eigenvalue weighted by atomic mass is 10.1. The summed E-state index contributed by atoms with van der Waals surface area (Å²) in [6, 6.07) is 7.70. The second-order valence-corrected chi connectivity index (χ2v) is 6.96. The Morgan fingerprint density at radius 3 is 2.67 bits per heavy atom. The molecular weight excluding hydrogens is 366 g/mol. The van der Waals surface area contributed by atoms with Crippen molar-refractivity contribution in [2.24, 2.45) is 0 Å². The number of hydrogen-bond acceptors (Lipinski definition) is 5. The third-order valence-corrected chi connectivity index (χ3v) is 4.76. The molecule has 2 aromatic rings. The topological polar surface area (TPSA) is 78.4 Å². The van der Waals surface area contributed by atoms with E-state index in [-0.39, 0.29) is 22.5 Å². The molecule has 1 aromatic carbocycles. The van der Waals surface area contributed by atoms with Gasteiger partial charge >= 0.3 is 0 Å². The predicted molar refractivity (Wildman–Crippen MR) is 104 cm³/mol. The van der Waals surface area contributed by atoms with Gasteiger partial charge in [-0.15, -0.1) is 0 Å². The standard InChI is InChI=1S/C19H22ClN5O2/c1-13-21-11-17(20)18(22-13)19(27)23-16-5-3-4-15(10-16)12-24-6-8-25(9-7-24)14(2)26/h3-5,10-11H,6-9,12H2,1-2H3,(H,23,27). The highest BCUT2D eigenvalue weighted by Crippen LogP contribution is 2.17. The maximum absolute atomic E-state index is 12.5. The van der Waals surface area contributed by atoms with Crippen LogP contribution in [-0.4, -0.2) is 57.8 Å². The van der Waals surface area contributed by atoms with Gasteiger partial charge in [-0.3, -0.25) is 14.5 Å². The largest absolute Gasteiger partial charge is 0.340 e. The Labute approximate surface area is 163 Å². The van der Waals surface area contributed by atoms with Crippen molar-refractivity contribution in [3.8, 4) is 0 Å². The molecule has 2 heterocycles. The van der Waals surface area contributed by atoms with Crippen LogP contribution in [-0.2, 0) is 11.3 Å². The van der Waals surface area contributed by atoms with E-state index in [1.54, 1.807) is 13.8 Å². The van der Waals surface area contributed by atoms with E-state index in [0.29, 0.717) is 11.5 Å². The molecule has 8 heteroatoms. The fourth-order valence-corrected chi connectivity index (χ4v) is 3.21. The first-order valence-electron chi connectivity index (χ1n) is 8.79. The first-order valence-corrected chi connectivity index (χ1v) is 9.17. The molecule has 1 aromatic heterocycles. The lowest BCUT2D eigenvalue weighted by molar-refractivity contribution is -0.130. The Balaban J connectivity index is 1.63. The van der Waals surface area contributed by atoms with E-state index in [1.165, 1.54) is 6.20 Å². The molecule has 2 amide bonds. The van der Waals surface area contributed by atoms with Crippen LogP contribution in [0.25, 0.3) is 0 Å². The molecule has 0 spiro atoms. The van der Waals surface area contributed by atoms with Crippen LogP contribution in [0.4, 0.5) is 5.69 Å². The van der Waals surface area contributed by atoms with Crippen molar-refractivity contribution in [3.63, 3.8) is 0 Å². The second-order valence-electron chi connectivity index (χ2n) is 6.55. The molecule has 142 valence electrons. The van der Waals surface area contributed by atoms with Crippen LogP contribution in [0.1, 0.15) is 28.8 Å². The highest BCUT2D eigenvalue weighted by atomic mass is 35.5. The van der Waals surface area contributed by atoms with E-state index in [4.69, 9.17) is 11.6 Å². The fraction of sp³-hybridized carbons (Fsp3) is 0.368. The quantitative estimate of drug-likeness (QED) is 0.871. The van der Waals surface area contributed by atoms with Gasteiger partial charge in [0.1, 0.15) is 5.82 Å². The molecule has 1 aliphatic rings. The summed E-state index contributed by atoms with van der Waals surface area (Å²) >= 11 is 6.03. The monoisotopic (exact) mass is 387 g/mol. The maximum atomic E-state index is 12.5. The fourth-order valence-electron chi connectivity index (χ4n) is 3.03. The van der Waals surface area contributed by atoms with Gasteiger partial charge in [0.2, 0.25) is 5.91 Å². The molecule has 1 saturated heterocycles. The highest BCUT2D eigenvalue weighted by molar-refractivity contribution is 6.33. The summed E-state index contributed by atoms with van der Waals surface area (Å²) in [6.07, 6.45) is 1.43.